The first-order valence-corrected chi connectivity index (χ1v) is 11.8. The number of carbonyl (C=O) groups excluding carboxylic acids is 2. The van der Waals surface area contributed by atoms with Gasteiger partial charge in [0, 0.05) is 25.0 Å². The van der Waals surface area contributed by atoms with Crippen LogP contribution in [0.3, 0.4) is 0 Å². The molecule has 0 bridgehead atoms. The zero-order chi connectivity index (χ0) is 24.0. The van der Waals surface area contributed by atoms with Gasteiger partial charge in [-0.25, -0.2) is 0 Å². The minimum atomic E-state index is -0.545. The fraction of sp³-hybridized carbons (Fsp3) is 0.500. The average Bonchev–Trinajstić information content (AvgIpc) is 3.19. The van der Waals surface area contributed by atoms with Crippen LogP contribution in [0.1, 0.15) is 64.1 Å². The molecule has 1 aliphatic rings. The lowest BCUT2D eigenvalue weighted by Crippen LogP contribution is -2.44. The standard InChI is InChI=1S/C28H37NO4/c1-20(22-14-10-7-11-15-22)29(19-21-12-8-6-9-13-21)24-17-16-23(26(24)27(31)32-5)18-25(30)33-28(2,3)4/h6-15,20,23-24,26H,16-19H2,1-5H3/t20-,23-,24-,26-/m1/s1. The van der Waals surface area contributed by atoms with Crippen LogP contribution in [0.15, 0.2) is 60.7 Å². The smallest absolute Gasteiger partial charge is 0.310 e. The van der Waals surface area contributed by atoms with Gasteiger partial charge in [-0.05, 0) is 57.6 Å². The van der Waals surface area contributed by atoms with E-state index in [2.05, 4.69) is 36.1 Å². The van der Waals surface area contributed by atoms with E-state index in [4.69, 9.17) is 9.47 Å². The van der Waals surface area contributed by atoms with E-state index < -0.39 is 5.60 Å². The van der Waals surface area contributed by atoms with Gasteiger partial charge in [0.25, 0.3) is 0 Å². The lowest BCUT2D eigenvalue weighted by Gasteiger charge is -2.38. The van der Waals surface area contributed by atoms with Crippen LogP contribution in [0.25, 0.3) is 0 Å². The van der Waals surface area contributed by atoms with Gasteiger partial charge in [-0.15, -0.1) is 0 Å². The number of carbonyl (C=O) groups is 2. The van der Waals surface area contributed by atoms with Crippen molar-refractivity contribution in [3.05, 3.63) is 71.8 Å². The molecular weight excluding hydrogens is 414 g/mol. The fourth-order valence-corrected chi connectivity index (χ4v) is 5.00. The van der Waals surface area contributed by atoms with Gasteiger partial charge in [-0.2, -0.15) is 0 Å². The summed E-state index contributed by atoms with van der Waals surface area (Å²) in [5.41, 5.74) is 1.85. The molecule has 5 heteroatoms. The van der Waals surface area contributed by atoms with E-state index in [-0.39, 0.29) is 42.3 Å². The van der Waals surface area contributed by atoms with Gasteiger partial charge in [-0.1, -0.05) is 60.7 Å². The second kappa shape index (κ2) is 11.0. The van der Waals surface area contributed by atoms with E-state index in [0.717, 1.165) is 12.8 Å². The molecule has 0 amide bonds. The topological polar surface area (TPSA) is 55.8 Å². The number of rotatable bonds is 8. The Labute approximate surface area is 198 Å². The second-order valence-electron chi connectivity index (χ2n) is 9.99. The highest BCUT2D eigenvalue weighted by molar-refractivity contribution is 5.76. The zero-order valence-corrected chi connectivity index (χ0v) is 20.5. The predicted molar refractivity (Wildman–Crippen MR) is 129 cm³/mol. The highest BCUT2D eigenvalue weighted by atomic mass is 16.6. The SMILES string of the molecule is COC(=O)[C@@H]1[C@@H](CC(=O)OC(C)(C)C)CC[C@H]1N(Cc1ccccc1)[C@H](C)c1ccccc1. The number of hydrogen-bond donors (Lipinski definition) is 0. The molecule has 2 aromatic carbocycles. The summed E-state index contributed by atoms with van der Waals surface area (Å²) < 4.78 is 10.8. The van der Waals surface area contributed by atoms with Gasteiger partial charge >= 0.3 is 11.9 Å². The van der Waals surface area contributed by atoms with Crippen LogP contribution in [-0.4, -0.2) is 35.6 Å². The fourth-order valence-electron chi connectivity index (χ4n) is 5.00. The van der Waals surface area contributed by atoms with Crippen molar-refractivity contribution in [3.63, 3.8) is 0 Å². The summed E-state index contributed by atoms with van der Waals surface area (Å²) >= 11 is 0. The maximum Gasteiger partial charge on any atom is 0.310 e. The van der Waals surface area contributed by atoms with Crippen molar-refractivity contribution >= 4 is 11.9 Å². The molecule has 4 atom stereocenters. The van der Waals surface area contributed by atoms with Crippen molar-refractivity contribution < 1.29 is 19.1 Å². The minimum Gasteiger partial charge on any atom is -0.469 e. The molecule has 1 fully saturated rings. The zero-order valence-electron chi connectivity index (χ0n) is 20.5. The van der Waals surface area contributed by atoms with Gasteiger partial charge in [-0.3, -0.25) is 14.5 Å². The molecule has 3 rings (SSSR count). The molecule has 0 heterocycles. The van der Waals surface area contributed by atoms with Gasteiger partial charge in [0.05, 0.1) is 13.0 Å². The minimum absolute atomic E-state index is 0.0275. The summed E-state index contributed by atoms with van der Waals surface area (Å²) in [6.07, 6.45) is 1.85. The third-order valence-corrected chi connectivity index (χ3v) is 6.49. The van der Waals surface area contributed by atoms with Crippen LogP contribution in [0.5, 0.6) is 0 Å². The quantitative estimate of drug-likeness (QED) is 0.493. The molecule has 178 valence electrons. The second-order valence-corrected chi connectivity index (χ2v) is 9.99. The Bertz CT molecular complexity index is 906. The van der Waals surface area contributed by atoms with Crippen molar-refractivity contribution in [1.29, 1.82) is 0 Å². The van der Waals surface area contributed by atoms with Gasteiger partial charge in [0.1, 0.15) is 5.60 Å². The molecule has 33 heavy (non-hydrogen) atoms. The molecule has 1 saturated carbocycles. The van der Waals surface area contributed by atoms with Crippen LogP contribution < -0.4 is 0 Å². The Balaban J connectivity index is 1.90. The number of methoxy groups -OCH3 is 1. The van der Waals surface area contributed by atoms with Crippen LogP contribution in [-0.2, 0) is 25.6 Å². The molecule has 0 aliphatic heterocycles. The van der Waals surface area contributed by atoms with Crippen molar-refractivity contribution in [2.24, 2.45) is 11.8 Å². The number of hydrogen-bond acceptors (Lipinski definition) is 5. The Morgan fingerprint density at radius 1 is 1.00 bits per heavy atom. The van der Waals surface area contributed by atoms with Crippen LogP contribution >= 0.6 is 0 Å². The van der Waals surface area contributed by atoms with Crippen molar-refractivity contribution in [3.8, 4) is 0 Å². The number of ether oxygens (including phenoxy) is 2. The molecule has 0 unspecified atom stereocenters. The van der Waals surface area contributed by atoms with E-state index in [9.17, 15) is 9.59 Å². The van der Waals surface area contributed by atoms with Crippen LogP contribution in [0, 0.1) is 11.8 Å². The van der Waals surface area contributed by atoms with Crippen molar-refractivity contribution in [2.75, 3.05) is 7.11 Å². The molecule has 0 radical (unpaired) electrons. The van der Waals surface area contributed by atoms with Crippen molar-refractivity contribution in [1.82, 2.24) is 4.90 Å². The Morgan fingerprint density at radius 3 is 2.18 bits per heavy atom. The normalized spacial score (nSPS) is 21.6. The summed E-state index contributed by atoms with van der Waals surface area (Å²) in [6.45, 7) is 8.50. The summed E-state index contributed by atoms with van der Waals surface area (Å²) in [4.78, 5) is 28.0. The monoisotopic (exact) mass is 451 g/mol. The van der Waals surface area contributed by atoms with Crippen molar-refractivity contribution in [2.45, 2.75) is 71.2 Å². The summed E-state index contributed by atoms with van der Waals surface area (Å²) in [5, 5.41) is 0. The van der Waals surface area contributed by atoms with Crippen LogP contribution in [0.2, 0.25) is 0 Å². The summed E-state index contributed by atoms with van der Waals surface area (Å²) in [6, 6.07) is 20.8. The Morgan fingerprint density at radius 2 is 1.61 bits per heavy atom. The highest BCUT2D eigenvalue weighted by Gasteiger charge is 2.46. The van der Waals surface area contributed by atoms with Gasteiger partial charge in [0.15, 0.2) is 0 Å². The lowest BCUT2D eigenvalue weighted by atomic mass is 9.89. The predicted octanol–water partition coefficient (Wildman–Crippen LogP) is 5.55. The molecule has 1 aliphatic carbocycles. The molecule has 2 aromatic rings. The van der Waals surface area contributed by atoms with E-state index in [0.29, 0.717) is 6.54 Å². The summed E-state index contributed by atoms with van der Waals surface area (Å²) in [5.74, 6) is -0.979. The molecule has 0 aromatic heterocycles. The first-order chi connectivity index (χ1) is 15.7. The van der Waals surface area contributed by atoms with E-state index >= 15 is 0 Å². The third kappa shape index (κ3) is 6.67. The number of esters is 2. The highest BCUT2D eigenvalue weighted by Crippen LogP contribution is 2.42. The lowest BCUT2D eigenvalue weighted by molar-refractivity contribution is -0.157. The Kier molecular flexibility index (Phi) is 8.30. The number of benzene rings is 2. The van der Waals surface area contributed by atoms with Gasteiger partial charge < -0.3 is 9.47 Å². The maximum absolute atomic E-state index is 13.0. The molecule has 5 nitrogen and oxygen atoms in total. The first-order valence-electron chi connectivity index (χ1n) is 11.8. The molecule has 0 N–H and O–H groups in total. The summed E-state index contributed by atoms with van der Waals surface area (Å²) in [7, 11) is 1.43. The van der Waals surface area contributed by atoms with E-state index in [1.165, 1.54) is 18.2 Å². The van der Waals surface area contributed by atoms with E-state index in [1.54, 1.807) is 0 Å². The largest absolute Gasteiger partial charge is 0.469 e. The Hall–Kier alpha value is -2.66. The molecular formula is C28H37NO4. The van der Waals surface area contributed by atoms with Crippen LogP contribution in [0.4, 0.5) is 0 Å². The van der Waals surface area contributed by atoms with Gasteiger partial charge in [0.2, 0.25) is 0 Å². The average molecular weight is 452 g/mol. The van der Waals surface area contributed by atoms with E-state index in [1.807, 2.05) is 57.2 Å². The molecule has 0 spiro atoms. The maximum atomic E-state index is 13.0. The first kappa shape index (κ1) is 25.0. The number of nitrogens with zero attached hydrogens (tertiary/aromatic N) is 1. The third-order valence-electron chi connectivity index (χ3n) is 6.49. The molecule has 0 saturated heterocycles.